The van der Waals surface area contributed by atoms with Crippen molar-refractivity contribution in [3.8, 4) is 28.5 Å². The molecule has 2 aromatic carbocycles. The summed E-state index contributed by atoms with van der Waals surface area (Å²) in [7, 11) is 1.62. The Morgan fingerprint density at radius 1 is 1.15 bits per heavy atom. The molecule has 172 valence electrons. The first-order valence-electron chi connectivity index (χ1n) is 10.5. The summed E-state index contributed by atoms with van der Waals surface area (Å²) in [4.78, 5) is 19.8. The molecule has 0 unspecified atom stereocenters. The quantitative estimate of drug-likeness (QED) is 0.141. The number of hydrogen-bond donors (Lipinski definition) is 0. The third-order valence-electron chi connectivity index (χ3n) is 5.03. The van der Waals surface area contributed by atoms with Crippen LogP contribution in [0.2, 0.25) is 0 Å². The van der Waals surface area contributed by atoms with Crippen molar-refractivity contribution in [3.05, 3.63) is 83.1 Å². The number of aryl methyl sites for hydroxylation is 1. The second-order valence-corrected chi connectivity index (χ2v) is 8.17. The van der Waals surface area contributed by atoms with Crippen molar-refractivity contribution in [1.29, 1.82) is 0 Å². The number of ether oxygens (including phenoxy) is 1. The third kappa shape index (κ3) is 4.81. The van der Waals surface area contributed by atoms with Gasteiger partial charge in [-0.15, -0.1) is 16.8 Å². The lowest BCUT2D eigenvalue weighted by Gasteiger charge is -2.11. The molecule has 0 aliphatic rings. The Bertz CT molecular complexity index is 1340. The number of aromatic nitrogens is 5. The average Bonchev–Trinajstić information content (AvgIpc) is 3.25. The predicted octanol–water partition coefficient (Wildman–Crippen LogP) is 5.22. The summed E-state index contributed by atoms with van der Waals surface area (Å²) in [6, 6.07) is 15.8. The van der Waals surface area contributed by atoms with Gasteiger partial charge in [-0.25, -0.2) is 9.97 Å². The standard InChI is InChI=1S/C24H22N6O3S/c1-4-14-29-23(19-8-6-7-9-20(19)33-3)27-28-24(29)34-21-15-17(5-2)25-22(26-21)16-10-12-18(13-11-16)30(31)32/h4,6-13,15H,1,5,14H2,2-3H3. The highest BCUT2D eigenvalue weighted by Gasteiger charge is 2.18. The molecule has 2 aromatic heterocycles. The maximum atomic E-state index is 11.0. The molecule has 9 nitrogen and oxygen atoms in total. The van der Waals surface area contributed by atoms with E-state index >= 15 is 0 Å². The number of hydrogen-bond acceptors (Lipinski definition) is 8. The fourth-order valence-electron chi connectivity index (χ4n) is 3.35. The van der Waals surface area contributed by atoms with E-state index < -0.39 is 4.92 Å². The van der Waals surface area contributed by atoms with Crippen LogP contribution < -0.4 is 4.74 Å². The Balaban J connectivity index is 1.72. The first-order valence-corrected chi connectivity index (χ1v) is 11.3. The van der Waals surface area contributed by atoms with Gasteiger partial charge in [0.15, 0.2) is 16.8 Å². The van der Waals surface area contributed by atoms with Gasteiger partial charge >= 0.3 is 0 Å². The molecule has 0 N–H and O–H groups in total. The fourth-order valence-corrected chi connectivity index (χ4v) is 4.21. The van der Waals surface area contributed by atoms with Crippen LogP contribution in [0, 0.1) is 10.1 Å². The molecule has 0 aliphatic carbocycles. The molecule has 34 heavy (non-hydrogen) atoms. The van der Waals surface area contributed by atoms with Gasteiger partial charge in [0.1, 0.15) is 10.8 Å². The van der Waals surface area contributed by atoms with Crippen molar-refractivity contribution in [2.24, 2.45) is 0 Å². The Morgan fingerprint density at radius 3 is 2.59 bits per heavy atom. The monoisotopic (exact) mass is 474 g/mol. The van der Waals surface area contributed by atoms with Crippen molar-refractivity contribution in [2.45, 2.75) is 30.1 Å². The Labute approximate surface area is 200 Å². The van der Waals surface area contributed by atoms with Crippen LogP contribution in [0.5, 0.6) is 5.75 Å². The number of methoxy groups -OCH3 is 1. The van der Waals surface area contributed by atoms with Crippen LogP contribution in [0.3, 0.4) is 0 Å². The largest absolute Gasteiger partial charge is 0.496 e. The van der Waals surface area contributed by atoms with Gasteiger partial charge in [0, 0.05) is 29.9 Å². The van der Waals surface area contributed by atoms with E-state index in [1.807, 2.05) is 41.8 Å². The minimum absolute atomic E-state index is 0.0198. The normalized spacial score (nSPS) is 10.8. The van der Waals surface area contributed by atoms with Gasteiger partial charge in [-0.1, -0.05) is 25.1 Å². The number of benzene rings is 2. The lowest BCUT2D eigenvalue weighted by molar-refractivity contribution is -0.384. The van der Waals surface area contributed by atoms with Gasteiger partial charge in [0.05, 0.1) is 17.6 Å². The maximum absolute atomic E-state index is 11.0. The van der Waals surface area contributed by atoms with E-state index in [0.29, 0.717) is 46.1 Å². The van der Waals surface area contributed by atoms with Gasteiger partial charge in [-0.3, -0.25) is 14.7 Å². The SMILES string of the molecule is C=CCn1c(Sc2cc(CC)nc(-c3ccc([N+](=O)[O-])cc3)n2)nnc1-c1ccccc1OC. The smallest absolute Gasteiger partial charge is 0.269 e. The van der Waals surface area contributed by atoms with Crippen LogP contribution in [-0.2, 0) is 13.0 Å². The zero-order valence-corrected chi connectivity index (χ0v) is 19.5. The van der Waals surface area contributed by atoms with Crippen molar-refractivity contribution < 1.29 is 9.66 Å². The Morgan fingerprint density at radius 2 is 1.91 bits per heavy atom. The number of allylic oxidation sites excluding steroid dienone is 1. The molecular weight excluding hydrogens is 452 g/mol. The summed E-state index contributed by atoms with van der Waals surface area (Å²) >= 11 is 1.37. The van der Waals surface area contributed by atoms with Gasteiger partial charge in [0.25, 0.3) is 5.69 Å². The van der Waals surface area contributed by atoms with Crippen LogP contribution in [0.15, 0.2) is 77.4 Å². The first kappa shape index (κ1) is 23.1. The lowest BCUT2D eigenvalue weighted by atomic mass is 10.2. The van der Waals surface area contributed by atoms with Crippen molar-refractivity contribution in [3.63, 3.8) is 0 Å². The molecule has 4 aromatic rings. The van der Waals surface area contributed by atoms with Crippen LogP contribution in [0.1, 0.15) is 12.6 Å². The van der Waals surface area contributed by atoms with Crippen molar-refractivity contribution in [1.82, 2.24) is 24.7 Å². The number of non-ortho nitro benzene ring substituents is 1. The van der Waals surface area contributed by atoms with E-state index in [0.717, 1.165) is 11.3 Å². The van der Waals surface area contributed by atoms with Gasteiger partial charge < -0.3 is 4.74 Å². The van der Waals surface area contributed by atoms with Crippen LogP contribution in [-0.4, -0.2) is 36.8 Å². The summed E-state index contributed by atoms with van der Waals surface area (Å²) < 4.78 is 7.46. The van der Waals surface area contributed by atoms with Crippen molar-refractivity contribution in [2.75, 3.05) is 7.11 Å². The van der Waals surface area contributed by atoms with Crippen LogP contribution >= 0.6 is 11.8 Å². The summed E-state index contributed by atoms with van der Waals surface area (Å²) in [5.41, 5.74) is 2.40. The maximum Gasteiger partial charge on any atom is 0.269 e. The highest BCUT2D eigenvalue weighted by molar-refractivity contribution is 7.99. The summed E-state index contributed by atoms with van der Waals surface area (Å²) in [6.07, 6.45) is 2.49. The molecule has 10 heteroatoms. The molecule has 0 bridgehead atoms. The van der Waals surface area contributed by atoms with E-state index in [4.69, 9.17) is 4.74 Å². The summed E-state index contributed by atoms with van der Waals surface area (Å²) in [5.74, 6) is 1.87. The number of nitrogens with zero attached hydrogens (tertiary/aromatic N) is 6. The predicted molar refractivity (Wildman–Crippen MR) is 130 cm³/mol. The van der Waals surface area contributed by atoms with Crippen LogP contribution in [0.25, 0.3) is 22.8 Å². The third-order valence-corrected chi connectivity index (χ3v) is 5.93. The average molecular weight is 475 g/mol. The molecule has 0 saturated heterocycles. The van der Waals surface area contributed by atoms with Crippen molar-refractivity contribution >= 4 is 17.4 Å². The van der Waals surface area contributed by atoms with Gasteiger partial charge in [0.2, 0.25) is 0 Å². The molecule has 0 aliphatic heterocycles. The summed E-state index contributed by atoms with van der Waals surface area (Å²) in [5, 5.41) is 21.1. The van der Waals surface area contributed by atoms with E-state index in [1.54, 1.807) is 25.3 Å². The second-order valence-electron chi connectivity index (χ2n) is 7.19. The second kappa shape index (κ2) is 10.3. The van der Waals surface area contributed by atoms with E-state index in [2.05, 4.69) is 26.7 Å². The molecular formula is C24H22N6O3S. The Hall–Kier alpha value is -4.05. The zero-order chi connectivity index (χ0) is 24.1. The molecule has 2 heterocycles. The minimum atomic E-state index is -0.430. The molecule has 0 spiro atoms. The Kier molecular flexibility index (Phi) is 6.98. The molecule has 0 atom stereocenters. The van der Waals surface area contributed by atoms with Gasteiger partial charge in [-0.2, -0.15) is 0 Å². The first-order chi connectivity index (χ1) is 16.5. The van der Waals surface area contributed by atoms with E-state index in [-0.39, 0.29) is 5.69 Å². The molecule has 4 rings (SSSR count). The highest BCUT2D eigenvalue weighted by Crippen LogP contribution is 2.33. The van der Waals surface area contributed by atoms with Crippen LogP contribution in [0.4, 0.5) is 5.69 Å². The van der Waals surface area contributed by atoms with Gasteiger partial charge in [-0.05, 0) is 48.5 Å². The zero-order valence-electron chi connectivity index (χ0n) is 18.7. The van der Waals surface area contributed by atoms with E-state index in [1.165, 1.54) is 23.9 Å². The number of nitro benzene ring substituents is 1. The lowest BCUT2D eigenvalue weighted by Crippen LogP contribution is -2.02. The minimum Gasteiger partial charge on any atom is -0.496 e. The molecule has 0 amide bonds. The molecule has 0 radical (unpaired) electrons. The molecule has 0 fully saturated rings. The number of para-hydroxylation sites is 1. The number of nitro groups is 1. The van der Waals surface area contributed by atoms with E-state index in [9.17, 15) is 10.1 Å². The topological polar surface area (TPSA) is 109 Å². The highest BCUT2D eigenvalue weighted by atomic mass is 32.2. The summed E-state index contributed by atoms with van der Waals surface area (Å²) in [6.45, 7) is 6.39. The fraction of sp³-hybridized carbons (Fsp3) is 0.167. The molecule has 0 saturated carbocycles. The number of rotatable bonds is 9.